The Labute approximate surface area is 222 Å². The highest BCUT2D eigenvalue weighted by molar-refractivity contribution is 7.93. The van der Waals surface area contributed by atoms with E-state index in [4.69, 9.17) is 15.0 Å². The fraction of sp³-hybridized carbons (Fsp3) is 0.357. The average Bonchev–Trinajstić information content (AvgIpc) is 3.56. The molecule has 1 atom stereocenters. The van der Waals surface area contributed by atoms with E-state index in [1.54, 1.807) is 24.3 Å². The summed E-state index contributed by atoms with van der Waals surface area (Å²) in [6.45, 7) is 3.64. The Kier molecular flexibility index (Phi) is 7.38. The first-order valence-electron chi connectivity index (χ1n) is 12.8. The Bertz CT molecular complexity index is 1490. The number of ether oxygens (including phenoxy) is 1. The maximum atomic E-state index is 13.6. The summed E-state index contributed by atoms with van der Waals surface area (Å²) in [5.41, 5.74) is 10.0. The monoisotopic (exact) mass is 536 g/mol. The van der Waals surface area contributed by atoms with E-state index in [-0.39, 0.29) is 25.3 Å². The lowest BCUT2D eigenvalue weighted by atomic mass is 10.0. The van der Waals surface area contributed by atoms with E-state index >= 15 is 0 Å². The summed E-state index contributed by atoms with van der Waals surface area (Å²) in [4.78, 5) is 5.01. The van der Waals surface area contributed by atoms with E-state index < -0.39 is 10.0 Å². The predicted octanol–water partition coefficient (Wildman–Crippen LogP) is 4.62. The molecular weight excluding hydrogens is 504 g/mol. The summed E-state index contributed by atoms with van der Waals surface area (Å²) in [5, 5.41) is 14.0. The molecule has 9 nitrogen and oxygen atoms in total. The molecule has 2 aliphatic carbocycles. The molecule has 2 aliphatic rings. The molecule has 3 aromatic rings. The number of aliphatic hydroxyl groups excluding tert-OH is 1. The van der Waals surface area contributed by atoms with Gasteiger partial charge in [0.1, 0.15) is 5.75 Å². The standard InChI is InChI=1S/C28H32N4O5S/c1-18(2)36-26-14-11-19(17-24(26)29)28-30-27(31-37-28)23-10-6-9-22-21(23)12-13-25(22)32(15-16-33)38(34,35)20-7-4-3-5-8-20/h3-4,6-7,9-11,14,17-18,25,33H,5,8,12-13,15-16,29H2,1-2H3/t25-/m0/s1. The Morgan fingerprint density at radius 3 is 2.79 bits per heavy atom. The summed E-state index contributed by atoms with van der Waals surface area (Å²) in [6.07, 6.45) is 7.79. The molecule has 0 aliphatic heterocycles. The Hall–Kier alpha value is -3.47. The Morgan fingerprint density at radius 1 is 1.24 bits per heavy atom. The molecule has 0 amide bonds. The number of nitrogen functional groups attached to an aromatic ring is 1. The summed E-state index contributed by atoms with van der Waals surface area (Å²) in [5.74, 6) is 1.35. The summed E-state index contributed by atoms with van der Waals surface area (Å²) in [7, 11) is -3.73. The van der Waals surface area contributed by atoms with Gasteiger partial charge in [-0.25, -0.2) is 8.42 Å². The molecule has 0 saturated carbocycles. The first-order valence-corrected chi connectivity index (χ1v) is 14.2. The van der Waals surface area contributed by atoms with Gasteiger partial charge in [-0.05, 0) is 74.9 Å². The Morgan fingerprint density at radius 2 is 2.08 bits per heavy atom. The number of hydrogen-bond donors (Lipinski definition) is 2. The van der Waals surface area contributed by atoms with Gasteiger partial charge in [0.15, 0.2) is 0 Å². The van der Waals surface area contributed by atoms with Crippen molar-refractivity contribution in [3.8, 4) is 28.6 Å². The van der Waals surface area contributed by atoms with E-state index in [0.29, 0.717) is 59.3 Å². The molecular formula is C28H32N4O5S. The van der Waals surface area contributed by atoms with Crippen LogP contribution in [-0.2, 0) is 16.4 Å². The highest BCUT2D eigenvalue weighted by Gasteiger charge is 2.38. The van der Waals surface area contributed by atoms with Crippen LogP contribution in [0.3, 0.4) is 0 Å². The minimum absolute atomic E-state index is 0.00155. The van der Waals surface area contributed by atoms with Crippen LogP contribution in [0, 0.1) is 0 Å². The van der Waals surface area contributed by atoms with E-state index in [1.165, 1.54) is 4.31 Å². The molecule has 1 heterocycles. The SMILES string of the molecule is CC(C)Oc1ccc(-c2nc(-c3cccc4c3CC[C@@H]4N(CCO)S(=O)(=O)C3=CC=CCC3)no2)cc1N. The molecule has 200 valence electrons. The number of fused-ring (bicyclic) bond motifs is 1. The zero-order valence-corrected chi connectivity index (χ0v) is 22.3. The summed E-state index contributed by atoms with van der Waals surface area (Å²) in [6, 6.07) is 10.7. The van der Waals surface area contributed by atoms with Crippen LogP contribution in [0.4, 0.5) is 5.69 Å². The quantitative estimate of drug-likeness (QED) is 0.379. The molecule has 1 aromatic heterocycles. The minimum Gasteiger partial charge on any atom is -0.489 e. The summed E-state index contributed by atoms with van der Waals surface area (Å²) >= 11 is 0. The lowest BCUT2D eigenvalue weighted by Gasteiger charge is -2.29. The molecule has 0 radical (unpaired) electrons. The van der Waals surface area contributed by atoms with Crippen LogP contribution in [0.15, 0.2) is 64.1 Å². The van der Waals surface area contributed by atoms with Crippen molar-refractivity contribution in [2.75, 3.05) is 18.9 Å². The third-order valence-corrected chi connectivity index (χ3v) is 8.87. The predicted molar refractivity (Wildman–Crippen MR) is 146 cm³/mol. The topological polar surface area (TPSA) is 132 Å². The van der Waals surface area contributed by atoms with E-state index in [2.05, 4.69) is 10.1 Å². The molecule has 10 heteroatoms. The van der Waals surface area contributed by atoms with Gasteiger partial charge in [0.25, 0.3) is 5.89 Å². The average molecular weight is 537 g/mol. The third-order valence-electron chi connectivity index (χ3n) is 6.81. The van der Waals surface area contributed by atoms with Crippen molar-refractivity contribution in [3.05, 3.63) is 70.7 Å². The van der Waals surface area contributed by atoms with E-state index in [1.807, 2.05) is 44.2 Å². The van der Waals surface area contributed by atoms with E-state index in [9.17, 15) is 13.5 Å². The lowest BCUT2D eigenvalue weighted by Crippen LogP contribution is -2.37. The number of sulfonamides is 1. The Balaban J connectivity index is 1.46. The molecule has 38 heavy (non-hydrogen) atoms. The van der Waals surface area contributed by atoms with Gasteiger partial charge >= 0.3 is 0 Å². The number of benzene rings is 2. The molecule has 3 N–H and O–H groups in total. The fourth-order valence-corrected chi connectivity index (χ4v) is 6.93. The highest BCUT2D eigenvalue weighted by Crippen LogP contribution is 2.43. The van der Waals surface area contributed by atoms with Crippen molar-refractivity contribution in [3.63, 3.8) is 0 Å². The lowest BCUT2D eigenvalue weighted by molar-refractivity contribution is 0.226. The molecule has 0 bridgehead atoms. The van der Waals surface area contributed by atoms with Gasteiger partial charge in [0.2, 0.25) is 15.8 Å². The van der Waals surface area contributed by atoms with Crippen molar-refractivity contribution >= 4 is 15.7 Å². The van der Waals surface area contributed by atoms with Gasteiger partial charge in [-0.3, -0.25) is 0 Å². The van der Waals surface area contributed by atoms with Gasteiger partial charge in [-0.1, -0.05) is 35.5 Å². The van der Waals surface area contributed by atoms with Crippen molar-refractivity contribution in [2.24, 2.45) is 0 Å². The number of anilines is 1. The van der Waals surface area contributed by atoms with Gasteiger partial charge in [0.05, 0.1) is 29.3 Å². The number of aromatic nitrogens is 2. The van der Waals surface area contributed by atoms with Crippen LogP contribution in [0.5, 0.6) is 5.75 Å². The van der Waals surface area contributed by atoms with Crippen molar-refractivity contribution in [2.45, 2.75) is 51.7 Å². The number of nitrogens with zero attached hydrogens (tertiary/aromatic N) is 3. The molecule has 0 unspecified atom stereocenters. The molecule has 0 fully saturated rings. The van der Waals surface area contributed by atoms with Crippen LogP contribution >= 0.6 is 0 Å². The summed E-state index contributed by atoms with van der Waals surface area (Å²) < 4.78 is 39.8. The first kappa shape index (κ1) is 26.1. The van der Waals surface area contributed by atoms with E-state index in [0.717, 1.165) is 16.7 Å². The normalized spacial score (nSPS) is 17.2. The van der Waals surface area contributed by atoms with Crippen LogP contribution in [-0.4, -0.2) is 47.2 Å². The number of rotatable bonds is 9. The smallest absolute Gasteiger partial charge is 0.258 e. The minimum atomic E-state index is -3.73. The number of allylic oxidation sites excluding steroid dienone is 4. The largest absolute Gasteiger partial charge is 0.489 e. The number of nitrogens with two attached hydrogens (primary N) is 1. The van der Waals surface area contributed by atoms with Crippen LogP contribution in [0.2, 0.25) is 0 Å². The van der Waals surface area contributed by atoms with Gasteiger partial charge in [-0.2, -0.15) is 9.29 Å². The van der Waals surface area contributed by atoms with Crippen molar-refractivity contribution in [1.29, 1.82) is 0 Å². The molecule has 5 rings (SSSR count). The third kappa shape index (κ3) is 4.99. The fourth-order valence-electron chi connectivity index (χ4n) is 5.12. The maximum absolute atomic E-state index is 13.6. The second kappa shape index (κ2) is 10.7. The molecule has 0 saturated heterocycles. The maximum Gasteiger partial charge on any atom is 0.258 e. The number of hydrogen-bond acceptors (Lipinski definition) is 8. The molecule has 0 spiro atoms. The molecule has 2 aromatic carbocycles. The highest BCUT2D eigenvalue weighted by atomic mass is 32.2. The van der Waals surface area contributed by atoms with Gasteiger partial charge in [0, 0.05) is 17.7 Å². The number of aliphatic hydroxyl groups is 1. The first-order chi connectivity index (χ1) is 18.3. The van der Waals surface area contributed by atoms with Crippen molar-refractivity contribution < 1.29 is 22.8 Å². The van der Waals surface area contributed by atoms with Crippen LogP contribution in [0.25, 0.3) is 22.8 Å². The van der Waals surface area contributed by atoms with Gasteiger partial charge < -0.3 is 20.1 Å². The zero-order chi connectivity index (χ0) is 26.9. The zero-order valence-electron chi connectivity index (χ0n) is 21.5. The van der Waals surface area contributed by atoms with Gasteiger partial charge in [-0.15, -0.1) is 0 Å². The van der Waals surface area contributed by atoms with Crippen molar-refractivity contribution in [1.82, 2.24) is 14.4 Å². The van der Waals surface area contributed by atoms with Crippen LogP contribution < -0.4 is 10.5 Å². The second-order valence-corrected chi connectivity index (χ2v) is 11.7. The van der Waals surface area contributed by atoms with Crippen LogP contribution in [0.1, 0.15) is 50.3 Å². The second-order valence-electron chi connectivity index (χ2n) is 9.71.